The number of urea groups is 1. The standard InChI is InChI=1S/C10H20N2O3/c1-4-8(6-9(13)14)7-11-10(15)12(3)5-2/h8H,4-7H2,1-3H3,(H,11,15)(H,13,14). The summed E-state index contributed by atoms with van der Waals surface area (Å²) in [6.45, 7) is 4.87. The van der Waals surface area contributed by atoms with Gasteiger partial charge in [0.2, 0.25) is 0 Å². The summed E-state index contributed by atoms with van der Waals surface area (Å²) in [7, 11) is 1.70. The van der Waals surface area contributed by atoms with Crippen molar-refractivity contribution >= 4 is 12.0 Å². The van der Waals surface area contributed by atoms with E-state index in [0.29, 0.717) is 13.1 Å². The van der Waals surface area contributed by atoms with Crippen molar-refractivity contribution in [2.45, 2.75) is 26.7 Å². The fourth-order valence-corrected chi connectivity index (χ4v) is 1.12. The van der Waals surface area contributed by atoms with Crippen molar-refractivity contribution in [3.05, 3.63) is 0 Å². The minimum Gasteiger partial charge on any atom is -0.481 e. The van der Waals surface area contributed by atoms with Gasteiger partial charge in [-0.2, -0.15) is 0 Å². The van der Waals surface area contributed by atoms with Crippen LogP contribution in [-0.2, 0) is 4.79 Å². The molecule has 0 saturated carbocycles. The van der Waals surface area contributed by atoms with Gasteiger partial charge in [0.1, 0.15) is 0 Å². The summed E-state index contributed by atoms with van der Waals surface area (Å²) in [5.41, 5.74) is 0. The van der Waals surface area contributed by atoms with Crippen LogP contribution in [0, 0.1) is 5.92 Å². The predicted octanol–water partition coefficient (Wildman–Crippen LogP) is 1.15. The van der Waals surface area contributed by atoms with Crippen molar-refractivity contribution in [3.8, 4) is 0 Å². The highest BCUT2D eigenvalue weighted by Gasteiger charge is 2.13. The first-order valence-corrected chi connectivity index (χ1v) is 5.21. The van der Waals surface area contributed by atoms with Crippen LogP contribution in [0.25, 0.3) is 0 Å². The Morgan fingerprint density at radius 2 is 2.00 bits per heavy atom. The van der Waals surface area contributed by atoms with Crippen molar-refractivity contribution in [2.24, 2.45) is 5.92 Å². The summed E-state index contributed by atoms with van der Waals surface area (Å²) >= 11 is 0. The number of aliphatic carboxylic acids is 1. The predicted molar refractivity (Wildman–Crippen MR) is 57.7 cm³/mol. The van der Waals surface area contributed by atoms with Crippen LogP contribution in [-0.4, -0.2) is 42.1 Å². The summed E-state index contributed by atoms with van der Waals surface area (Å²) in [4.78, 5) is 23.4. The molecule has 1 atom stereocenters. The van der Waals surface area contributed by atoms with Gasteiger partial charge in [-0.1, -0.05) is 13.3 Å². The van der Waals surface area contributed by atoms with Crippen molar-refractivity contribution in [3.63, 3.8) is 0 Å². The molecule has 2 amide bonds. The largest absolute Gasteiger partial charge is 0.481 e. The summed E-state index contributed by atoms with van der Waals surface area (Å²) in [6, 6.07) is -0.152. The summed E-state index contributed by atoms with van der Waals surface area (Å²) < 4.78 is 0. The van der Waals surface area contributed by atoms with Crippen molar-refractivity contribution in [2.75, 3.05) is 20.1 Å². The van der Waals surface area contributed by atoms with E-state index in [1.807, 2.05) is 13.8 Å². The molecule has 0 saturated heterocycles. The number of nitrogens with zero attached hydrogens (tertiary/aromatic N) is 1. The lowest BCUT2D eigenvalue weighted by Crippen LogP contribution is -2.39. The van der Waals surface area contributed by atoms with Gasteiger partial charge in [0.15, 0.2) is 0 Å². The number of amides is 2. The molecule has 5 heteroatoms. The Morgan fingerprint density at radius 1 is 1.40 bits per heavy atom. The van der Waals surface area contributed by atoms with Crippen LogP contribution in [0.5, 0.6) is 0 Å². The maximum Gasteiger partial charge on any atom is 0.317 e. The molecule has 5 nitrogen and oxygen atoms in total. The zero-order valence-electron chi connectivity index (χ0n) is 9.62. The highest BCUT2D eigenvalue weighted by atomic mass is 16.4. The minimum atomic E-state index is -0.819. The molecule has 1 unspecified atom stereocenters. The van der Waals surface area contributed by atoms with E-state index in [1.54, 1.807) is 11.9 Å². The van der Waals surface area contributed by atoms with E-state index < -0.39 is 5.97 Å². The second-order valence-corrected chi connectivity index (χ2v) is 3.57. The molecule has 88 valence electrons. The van der Waals surface area contributed by atoms with Gasteiger partial charge in [-0.15, -0.1) is 0 Å². The molecule has 15 heavy (non-hydrogen) atoms. The zero-order valence-corrected chi connectivity index (χ0v) is 9.62. The Labute approximate surface area is 90.5 Å². The molecule has 0 aliphatic rings. The number of carboxylic acids is 1. The third-order valence-electron chi connectivity index (χ3n) is 2.40. The first-order valence-electron chi connectivity index (χ1n) is 5.21. The number of carbonyl (C=O) groups is 2. The summed E-state index contributed by atoms with van der Waals surface area (Å²) in [5, 5.41) is 11.3. The van der Waals surface area contributed by atoms with Crippen molar-refractivity contribution in [1.29, 1.82) is 0 Å². The molecule has 0 rings (SSSR count). The highest BCUT2D eigenvalue weighted by molar-refractivity contribution is 5.73. The normalized spacial score (nSPS) is 11.9. The summed E-state index contributed by atoms with van der Waals surface area (Å²) in [5.74, 6) is -0.809. The topological polar surface area (TPSA) is 69.6 Å². The van der Waals surface area contributed by atoms with E-state index in [4.69, 9.17) is 5.11 Å². The van der Waals surface area contributed by atoms with Crippen LogP contribution in [0.2, 0.25) is 0 Å². The molecular weight excluding hydrogens is 196 g/mol. The van der Waals surface area contributed by atoms with Crippen LogP contribution in [0.4, 0.5) is 4.79 Å². The third-order valence-corrected chi connectivity index (χ3v) is 2.40. The van der Waals surface area contributed by atoms with Crippen molar-refractivity contribution in [1.82, 2.24) is 10.2 Å². The second-order valence-electron chi connectivity index (χ2n) is 3.57. The molecule has 0 spiro atoms. The second kappa shape index (κ2) is 7.09. The Morgan fingerprint density at radius 3 is 2.40 bits per heavy atom. The van der Waals surface area contributed by atoms with E-state index in [-0.39, 0.29) is 18.4 Å². The van der Waals surface area contributed by atoms with E-state index in [1.165, 1.54) is 0 Å². The quantitative estimate of drug-likeness (QED) is 0.699. The summed E-state index contributed by atoms with van der Waals surface area (Å²) in [6.07, 6.45) is 0.856. The third kappa shape index (κ3) is 5.93. The lowest BCUT2D eigenvalue weighted by molar-refractivity contribution is -0.138. The molecule has 0 radical (unpaired) electrons. The molecule has 0 aliphatic carbocycles. The molecule has 0 aromatic heterocycles. The van der Waals surface area contributed by atoms with E-state index in [0.717, 1.165) is 6.42 Å². The van der Waals surface area contributed by atoms with Gasteiger partial charge >= 0.3 is 12.0 Å². The fraction of sp³-hybridized carbons (Fsp3) is 0.800. The van der Waals surface area contributed by atoms with Gasteiger partial charge in [0.25, 0.3) is 0 Å². The number of nitrogens with one attached hydrogen (secondary N) is 1. The maximum atomic E-state index is 11.3. The highest BCUT2D eigenvalue weighted by Crippen LogP contribution is 2.06. The maximum absolute atomic E-state index is 11.3. The van der Waals surface area contributed by atoms with E-state index in [9.17, 15) is 9.59 Å². The first-order chi connectivity index (χ1) is 7.01. The smallest absolute Gasteiger partial charge is 0.317 e. The van der Waals surface area contributed by atoms with Crippen LogP contribution in [0.15, 0.2) is 0 Å². The molecule has 2 N–H and O–H groups in total. The Bertz CT molecular complexity index is 219. The van der Waals surface area contributed by atoms with Gasteiger partial charge in [-0.05, 0) is 12.8 Å². The molecule has 0 bridgehead atoms. The van der Waals surface area contributed by atoms with Crippen LogP contribution < -0.4 is 5.32 Å². The number of carbonyl (C=O) groups excluding carboxylic acids is 1. The van der Waals surface area contributed by atoms with E-state index in [2.05, 4.69) is 5.32 Å². The van der Waals surface area contributed by atoms with Gasteiger partial charge in [0.05, 0.1) is 0 Å². The number of carboxylic acid groups (broad SMARTS) is 1. The van der Waals surface area contributed by atoms with Gasteiger partial charge in [-0.25, -0.2) is 4.79 Å². The monoisotopic (exact) mass is 216 g/mol. The fourth-order valence-electron chi connectivity index (χ4n) is 1.12. The Kier molecular flexibility index (Phi) is 6.49. The average Bonchev–Trinajstić information content (AvgIpc) is 2.21. The number of hydrogen-bond donors (Lipinski definition) is 2. The van der Waals surface area contributed by atoms with Gasteiger partial charge < -0.3 is 15.3 Å². The van der Waals surface area contributed by atoms with Gasteiger partial charge in [-0.3, -0.25) is 4.79 Å². The van der Waals surface area contributed by atoms with Crippen LogP contribution >= 0.6 is 0 Å². The molecule has 0 aliphatic heterocycles. The average molecular weight is 216 g/mol. The van der Waals surface area contributed by atoms with Crippen LogP contribution in [0.3, 0.4) is 0 Å². The lowest BCUT2D eigenvalue weighted by atomic mass is 10.0. The molecule has 0 aromatic rings. The van der Waals surface area contributed by atoms with Gasteiger partial charge in [0, 0.05) is 26.6 Å². The molecule has 0 heterocycles. The molecular formula is C10H20N2O3. The number of hydrogen-bond acceptors (Lipinski definition) is 2. The number of rotatable bonds is 6. The molecule has 0 aromatic carbocycles. The first kappa shape index (κ1) is 13.7. The Hall–Kier alpha value is -1.26. The Balaban J connectivity index is 3.89. The molecule has 0 fully saturated rings. The lowest BCUT2D eigenvalue weighted by Gasteiger charge is -2.18. The minimum absolute atomic E-state index is 0.0108. The zero-order chi connectivity index (χ0) is 11.8. The van der Waals surface area contributed by atoms with Crippen molar-refractivity contribution < 1.29 is 14.7 Å². The SMILES string of the molecule is CCC(CNC(=O)N(C)CC)CC(=O)O. The van der Waals surface area contributed by atoms with Crippen LogP contribution in [0.1, 0.15) is 26.7 Å². The van der Waals surface area contributed by atoms with E-state index >= 15 is 0 Å².